The summed E-state index contributed by atoms with van der Waals surface area (Å²) >= 11 is 0. The summed E-state index contributed by atoms with van der Waals surface area (Å²) in [6, 6.07) is -0.659. The highest BCUT2D eigenvalue weighted by Gasteiger charge is 2.44. The first kappa shape index (κ1) is 15.6. The SMILES string of the molecule is O=C(NCC(=O)N1CCCCC1)NC1(C(=O)O)CCOC1. The van der Waals surface area contributed by atoms with E-state index in [2.05, 4.69) is 10.6 Å². The summed E-state index contributed by atoms with van der Waals surface area (Å²) in [7, 11) is 0. The number of ether oxygens (including phenoxy) is 1. The van der Waals surface area contributed by atoms with Crippen molar-refractivity contribution in [3.8, 4) is 0 Å². The molecule has 0 radical (unpaired) electrons. The van der Waals surface area contributed by atoms with Crippen molar-refractivity contribution in [2.24, 2.45) is 0 Å². The number of likely N-dealkylation sites (tertiary alicyclic amines) is 1. The fourth-order valence-corrected chi connectivity index (χ4v) is 2.56. The molecule has 21 heavy (non-hydrogen) atoms. The molecule has 118 valence electrons. The summed E-state index contributed by atoms with van der Waals surface area (Å²) in [6.45, 7) is 1.54. The number of rotatable bonds is 4. The van der Waals surface area contributed by atoms with E-state index in [1.165, 1.54) is 0 Å². The van der Waals surface area contributed by atoms with E-state index in [0.717, 1.165) is 32.4 Å². The Morgan fingerprint density at radius 2 is 1.90 bits per heavy atom. The number of aliphatic carboxylic acids is 1. The van der Waals surface area contributed by atoms with Gasteiger partial charge >= 0.3 is 12.0 Å². The van der Waals surface area contributed by atoms with Crippen LogP contribution < -0.4 is 10.6 Å². The molecule has 0 saturated carbocycles. The molecule has 0 aromatic rings. The lowest BCUT2D eigenvalue weighted by molar-refractivity contribution is -0.144. The molecule has 0 aromatic carbocycles. The van der Waals surface area contributed by atoms with Crippen LogP contribution in [0.1, 0.15) is 25.7 Å². The van der Waals surface area contributed by atoms with E-state index in [4.69, 9.17) is 4.74 Å². The topological polar surface area (TPSA) is 108 Å². The second-order valence-corrected chi connectivity index (χ2v) is 5.44. The minimum Gasteiger partial charge on any atom is -0.479 e. The van der Waals surface area contributed by atoms with Crippen molar-refractivity contribution < 1.29 is 24.2 Å². The van der Waals surface area contributed by atoms with Gasteiger partial charge in [-0.2, -0.15) is 0 Å². The van der Waals surface area contributed by atoms with Crippen molar-refractivity contribution in [3.63, 3.8) is 0 Å². The van der Waals surface area contributed by atoms with Gasteiger partial charge in [0.25, 0.3) is 0 Å². The average Bonchev–Trinajstić information content (AvgIpc) is 2.95. The fourth-order valence-electron chi connectivity index (χ4n) is 2.56. The molecule has 2 rings (SSSR count). The molecule has 0 bridgehead atoms. The van der Waals surface area contributed by atoms with Crippen molar-refractivity contribution >= 4 is 17.9 Å². The van der Waals surface area contributed by atoms with Gasteiger partial charge in [0.2, 0.25) is 5.91 Å². The summed E-state index contributed by atoms with van der Waals surface area (Å²) < 4.78 is 5.04. The molecule has 2 aliphatic heterocycles. The van der Waals surface area contributed by atoms with Crippen LogP contribution in [-0.2, 0) is 14.3 Å². The Morgan fingerprint density at radius 3 is 2.48 bits per heavy atom. The maximum atomic E-state index is 11.9. The Morgan fingerprint density at radius 1 is 1.19 bits per heavy atom. The highest BCUT2D eigenvalue weighted by Crippen LogP contribution is 2.18. The molecule has 1 atom stereocenters. The molecule has 0 aliphatic carbocycles. The van der Waals surface area contributed by atoms with Crippen LogP contribution in [0, 0.1) is 0 Å². The quantitative estimate of drug-likeness (QED) is 0.651. The van der Waals surface area contributed by atoms with Crippen LogP contribution in [0.3, 0.4) is 0 Å². The van der Waals surface area contributed by atoms with Gasteiger partial charge in [0.05, 0.1) is 13.2 Å². The third-order valence-corrected chi connectivity index (χ3v) is 3.89. The first-order valence-corrected chi connectivity index (χ1v) is 7.18. The summed E-state index contributed by atoms with van der Waals surface area (Å²) in [6.07, 6.45) is 3.31. The minimum atomic E-state index is -1.39. The van der Waals surface area contributed by atoms with Crippen molar-refractivity contribution in [3.05, 3.63) is 0 Å². The zero-order chi connectivity index (χ0) is 15.3. The van der Waals surface area contributed by atoms with Gasteiger partial charge in [-0.1, -0.05) is 0 Å². The van der Waals surface area contributed by atoms with E-state index in [9.17, 15) is 19.5 Å². The molecule has 2 saturated heterocycles. The Hall–Kier alpha value is -1.83. The number of urea groups is 1. The van der Waals surface area contributed by atoms with E-state index in [-0.39, 0.29) is 25.5 Å². The highest BCUT2D eigenvalue weighted by atomic mass is 16.5. The lowest BCUT2D eigenvalue weighted by atomic mass is 9.99. The number of carboxylic acid groups (broad SMARTS) is 1. The first-order valence-electron chi connectivity index (χ1n) is 7.18. The summed E-state index contributed by atoms with van der Waals surface area (Å²) in [5.41, 5.74) is -1.39. The molecule has 2 fully saturated rings. The van der Waals surface area contributed by atoms with Crippen LogP contribution in [0.15, 0.2) is 0 Å². The monoisotopic (exact) mass is 299 g/mol. The van der Waals surface area contributed by atoms with Crippen LogP contribution >= 0.6 is 0 Å². The molecule has 8 nitrogen and oxygen atoms in total. The number of hydrogen-bond acceptors (Lipinski definition) is 4. The second kappa shape index (κ2) is 6.75. The minimum absolute atomic E-state index is 0.0597. The van der Waals surface area contributed by atoms with Crippen molar-refractivity contribution in [1.82, 2.24) is 15.5 Å². The molecular weight excluding hydrogens is 278 g/mol. The number of carbonyl (C=O) groups excluding carboxylic acids is 2. The number of piperidine rings is 1. The van der Waals surface area contributed by atoms with Gasteiger partial charge in [0.15, 0.2) is 5.54 Å². The lowest BCUT2D eigenvalue weighted by Gasteiger charge is -2.27. The standard InChI is InChI=1S/C13H21N3O5/c17-10(16-5-2-1-3-6-16)8-14-12(20)15-13(11(18)19)4-7-21-9-13/h1-9H2,(H,18,19)(H2,14,15,20). The normalized spacial score (nSPS) is 25.4. The molecule has 0 aromatic heterocycles. The van der Waals surface area contributed by atoms with Gasteiger partial charge in [0.1, 0.15) is 0 Å². The van der Waals surface area contributed by atoms with Crippen LogP contribution in [0.5, 0.6) is 0 Å². The molecule has 3 amide bonds. The molecule has 3 N–H and O–H groups in total. The van der Waals surface area contributed by atoms with Crippen molar-refractivity contribution in [2.75, 3.05) is 32.8 Å². The number of carbonyl (C=O) groups is 3. The van der Waals surface area contributed by atoms with Gasteiger partial charge in [-0.25, -0.2) is 9.59 Å². The summed E-state index contributed by atoms with van der Waals surface area (Å²) in [5, 5.41) is 14.0. The first-order chi connectivity index (χ1) is 10.0. The fraction of sp³-hybridized carbons (Fsp3) is 0.769. The van der Waals surface area contributed by atoms with Crippen molar-refractivity contribution in [1.29, 1.82) is 0 Å². The zero-order valence-electron chi connectivity index (χ0n) is 11.9. The van der Waals surface area contributed by atoms with Gasteiger partial charge in [0, 0.05) is 26.1 Å². The second-order valence-electron chi connectivity index (χ2n) is 5.44. The van der Waals surface area contributed by atoms with E-state index in [1.54, 1.807) is 4.90 Å². The maximum Gasteiger partial charge on any atom is 0.332 e. The van der Waals surface area contributed by atoms with Gasteiger partial charge in [-0.15, -0.1) is 0 Å². The zero-order valence-corrected chi connectivity index (χ0v) is 11.9. The Balaban J connectivity index is 1.78. The number of amides is 3. The molecule has 1 unspecified atom stereocenters. The van der Waals surface area contributed by atoms with Crippen LogP contribution in [0.4, 0.5) is 4.79 Å². The smallest absolute Gasteiger partial charge is 0.332 e. The number of nitrogens with zero attached hydrogens (tertiary/aromatic N) is 1. The summed E-state index contributed by atoms with van der Waals surface area (Å²) in [4.78, 5) is 36.6. The van der Waals surface area contributed by atoms with Gasteiger partial charge in [-0.3, -0.25) is 4.79 Å². The highest BCUT2D eigenvalue weighted by molar-refractivity contribution is 5.89. The average molecular weight is 299 g/mol. The van der Waals surface area contributed by atoms with Gasteiger partial charge in [-0.05, 0) is 19.3 Å². The Labute approximate surface area is 122 Å². The van der Waals surface area contributed by atoms with E-state index in [0.29, 0.717) is 6.61 Å². The van der Waals surface area contributed by atoms with E-state index >= 15 is 0 Å². The predicted molar refractivity (Wildman–Crippen MR) is 72.8 cm³/mol. The predicted octanol–water partition coefficient (Wildman–Crippen LogP) is -0.458. The number of carboxylic acids is 1. The van der Waals surface area contributed by atoms with Crippen LogP contribution in [0.25, 0.3) is 0 Å². The summed E-state index contributed by atoms with van der Waals surface area (Å²) in [5.74, 6) is -1.27. The Kier molecular flexibility index (Phi) is 5.00. The molecule has 2 heterocycles. The van der Waals surface area contributed by atoms with E-state index in [1.807, 2.05) is 0 Å². The van der Waals surface area contributed by atoms with E-state index < -0.39 is 17.5 Å². The third-order valence-electron chi connectivity index (χ3n) is 3.89. The third kappa shape index (κ3) is 3.84. The maximum absolute atomic E-state index is 11.9. The molecular formula is C13H21N3O5. The molecule has 0 spiro atoms. The van der Waals surface area contributed by atoms with Crippen LogP contribution in [0.2, 0.25) is 0 Å². The Bertz CT molecular complexity index is 414. The van der Waals surface area contributed by atoms with Crippen LogP contribution in [-0.4, -0.2) is 66.3 Å². The molecule has 2 aliphatic rings. The lowest BCUT2D eigenvalue weighted by Crippen LogP contribution is -2.58. The van der Waals surface area contributed by atoms with Crippen molar-refractivity contribution in [2.45, 2.75) is 31.2 Å². The number of hydrogen-bond donors (Lipinski definition) is 3. The largest absolute Gasteiger partial charge is 0.479 e. The number of nitrogens with one attached hydrogen (secondary N) is 2. The van der Waals surface area contributed by atoms with Gasteiger partial charge < -0.3 is 25.4 Å². The molecule has 8 heteroatoms.